The maximum absolute atomic E-state index is 11.2. The summed E-state index contributed by atoms with van der Waals surface area (Å²) in [6.07, 6.45) is 1.19. The number of hydrogen-bond donors (Lipinski definition) is 0. The highest BCUT2D eigenvalue weighted by atomic mass is 16.7. The largest absolute Gasteiger partial charge is 0.456 e. The lowest BCUT2D eigenvalue weighted by molar-refractivity contribution is -0.140. The molecule has 2 atom stereocenters. The van der Waals surface area contributed by atoms with Crippen molar-refractivity contribution in [3.8, 4) is 0 Å². The van der Waals surface area contributed by atoms with Crippen LogP contribution in [0, 0.1) is 0 Å². The maximum Gasteiger partial charge on any atom is 0.336 e. The standard InChI is InChI=1S/C9H14O4/c1-4-7-8(12-5-11-3)6(2)13-9(7)10/h4,6,8H,5H2,1-3H3/b7-4+/t6-,8-/m0/s1. The highest BCUT2D eigenvalue weighted by Crippen LogP contribution is 2.23. The maximum atomic E-state index is 11.2. The minimum atomic E-state index is -0.295. The first-order chi connectivity index (χ1) is 6.20. The molecule has 0 amide bonds. The Bertz CT molecular complexity index is 222. The molecule has 0 bridgehead atoms. The van der Waals surface area contributed by atoms with E-state index in [1.54, 1.807) is 19.9 Å². The fraction of sp³-hybridized carbons (Fsp3) is 0.667. The molecular formula is C9H14O4. The summed E-state index contributed by atoms with van der Waals surface area (Å²) in [5.41, 5.74) is 0.574. The lowest BCUT2D eigenvalue weighted by Crippen LogP contribution is -2.23. The first kappa shape index (κ1) is 10.2. The van der Waals surface area contributed by atoms with Gasteiger partial charge in [-0.1, -0.05) is 6.08 Å². The molecule has 0 radical (unpaired) electrons. The second-order valence-electron chi connectivity index (χ2n) is 2.85. The number of cyclic esters (lactones) is 1. The Hall–Kier alpha value is -0.870. The normalized spacial score (nSPS) is 31.0. The van der Waals surface area contributed by atoms with Crippen LogP contribution in [0.25, 0.3) is 0 Å². The number of carbonyl (C=O) groups is 1. The number of ether oxygens (including phenoxy) is 3. The summed E-state index contributed by atoms with van der Waals surface area (Å²) in [4.78, 5) is 11.2. The highest BCUT2D eigenvalue weighted by molar-refractivity contribution is 5.92. The minimum absolute atomic E-state index is 0.170. The van der Waals surface area contributed by atoms with Crippen molar-refractivity contribution >= 4 is 5.97 Å². The van der Waals surface area contributed by atoms with Gasteiger partial charge in [-0.15, -0.1) is 0 Å². The van der Waals surface area contributed by atoms with E-state index in [0.29, 0.717) is 5.57 Å². The average Bonchev–Trinajstić information content (AvgIpc) is 2.37. The summed E-state index contributed by atoms with van der Waals surface area (Å²) >= 11 is 0. The van der Waals surface area contributed by atoms with Crippen LogP contribution in [0.2, 0.25) is 0 Å². The monoisotopic (exact) mass is 186 g/mol. The van der Waals surface area contributed by atoms with Crippen LogP contribution in [-0.4, -0.2) is 32.1 Å². The summed E-state index contributed by atoms with van der Waals surface area (Å²) in [6.45, 7) is 3.76. The van der Waals surface area contributed by atoms with E-state index in [-0.39, 0.29) is 25.0 Å². The van der Waals surface area contributed by atoms with E-state index in [1.807, 2.05) is 0 Å². The lowest BCUT2D eigenvalue weighted by Gasteiger charge is -2.13. The van der Waals surface area contributed by atoms with Gasteiger partial charge in [0.25, 0.3) is 0 Å². The quantitative estimate of drug-likeness (QED) is 0.372. The SMILES string of the molecule is C/C=C1/C(=O)O[C@@H](C)[C@@H]1OCOC. The van der Waals surface area contributed by atoms with E-state index in [2.05, 4.69) is 0 Å². The average molecular weight is 186 g/mol. The van der Waals surface area contributed by atoms with Gasteiger partial charge in [-0.25, -0.2) is 4.79 Å². The van der Waals surface area contributed by atoms with Crippen LogP contribution >= 0.6 is 0 Å². The van der Waals surface area contributed by atoms with E-state index in [9.17, 15) is 4.79 Å². The van der Waals surface area contributed by atoms with Gasteiger partial charge in [0.1, 0.15) is 19.0 Å². The summed E-state index contributed by atoms with van der Waals surface area (Å²) in [6, 6.07) is 0. The third-order valence-electron chi connectivity index (χ3n) is 1.94. The van der Waals surface area contributed by atoms with Crippen LogP contribution in [0.4, 0.5) is 0 Å². The fourth-order valence-electron chi connectivity index (χ4n) is 1.32. The van der Waals surface area contributed by atoms with Crippen molar-refractivity contribution in [1.82, 2.24) is 0 Å². The Morgan fingerprint density at radius 2 is 2.31 bits per heavy atom. The van der Waals surface area contributed by atoms with Crippen LogP contribution in [0.15, 0.2) is 11.6 Å². The van der Waals surface area contributed by atoms with Gasteiger partial charge in [0.05, 0.1) is 5.57 Å². The molecule has 0 spiro atoms. The van der Waals surface area contributed by atoms with Gasteiger partial charge < -0.3 is 14.2 Å². The Morgan fingerprint density at radius 1 is 1.62 bits per heavy atom. The van der Waals surface area contributed by atoms with Crippen LogP contribution in [0.1, 0.15) is 13.8 Å². The third kappa shape index (κ3) is 2.08. The van der Waals surface area contributed by atoms with Crippen molar-refractivity contribution < 1.29 is 19.0 Å². The van der Waals surface area contributed by atoms with Gasteiger partial charge in [0.2, 0.25) is 0 Å². The number of hydrogen-bond acceptors (Lipinski definition) is 4. The zero-order chi connectivity index (χ0) is 9.84. The first-order valence-electron chi connectivity index (χ1n) is 4.18. The van der Waals surface area contributed by atoms with Crippen LogP contribution in [0.5, 0.6) is 0 Å². The van der Waals surface area contributed by atoms with Crippen molar-refractivity contribution in [1.29, 1.82) is 0 Å². The zero-order valence-corrected chi connectivity index (χ0v) is 8.07. The number of allylic oxidation sites excluding steroid dienone is 1. The second kappa shape index (κ2) is 4.39. The predicted octanol–water partition coefficient (Wildman–Crippen LogP) is 0.867. The summed E-state index contributed by atoms with van der Waals surface area (Å²) < 4.78 is 15.1. The van der Waals surface area contributed by atoms with Crippen LogP contribution in [0.3, 0.4) is 0 Å². The molecule has 4 heteroatoms. The van der Waals surface area contributed by atoms with Gasteiger partial charge in [-0.2, -0.15) is 0 Å². The van der Waals surface area contributed by atoms with E-state index in [0.717, 1.165) is 0 Å². The van der Waals surface area contributed by atoms with E-state index in [4.69, 9.17) is 14.2 Å². The topological polar surface area (TPSA) is 44.8 Å². The van der Waals surface area contributed by atoms with E-state index < -0.39 is 0 Å². The Kier molecular flexibility index (Phi) is 3.45. The molecule has 0 aromatic carbocycles. The number of methoxy groups -OCH3 is 1. The molecule has 1 rings (SSSR count). The molecule has 0 aromatic rings. The fourth-order valence-corrected chi connectivity index (χ4v) is 1.32. The third-order valence-corrected chi connectivity index (χ3v) is 1.94. The van der Waals surface area contributed by atoms with Crippen molar-refractivity contribution in [2.45, 2.75) is 26.1 Å². The molecule has 0 unspecified atom stereocenters. The Balaban J connectivity index is 2.64. The molecule has 0 aliphatic carbocycles. The highest BCUT2D eigenvalue weighted by Gasteiger charge is 2.37. The molecule has 13 heavy (non-hydrogen) atoms. The van der Waals surface area contributed by atoms with Gasteiger partial charge in [0.15, 0.2) is 0 Å². The molecule has 1 fully saturated rings. The van der Waals surface area contributed by atoms with Gasteiger partial charge in [-0.3, -0.25) is 0 Å². The smallest absolute Gasteiger partial charge is 0.336 e. The van der Waals surface area contributed by atoms with Crippen molar-refractivity contribution in [3.05, 3.63) is 11.6 Å². The molecule has 1 saturated heterocycles. The summed E-state index contributed by atoms with van der Waals surface area (Å²) in [5.74, 6) is -0.295. The molecule has 1 aliphatic rings. The van der Waals surface area contributed by atoms with Crippen LogP contribution < -0.4 is 0 Å². The first-order valence-corrected chi connectivity index (χ1v) is 4.18. The van der Waals surface area contributed by atoms with Crippen molar-refractivity contribution in [2.24, 2.45) is 0 Å². The van der Waals surface area contributed by atoms with E-state index in [1.165, 1.54) is 7.11 Å². The van der Waals surface area contributed by atoms with Gasteiger partial charge in [-0.05, 0) is 13.8 Å². The molecule has 0 saturated carbocycles. The number of esters is 1. The Labute approximate surface area is 77.5 Å². The summed E-state index contributed by atoms with van der Waals surface area (Å²) in [5, 5.41) is 0. The molecule has 74 valence electrons. The molecule has 0 aromatic heterocycles. The molecule has 1 aliphatic heterocycles. The van der Waals surface area contributed by atoms with Gasteiger partial charge >= 0.3 is 5.97 Å². The summed E-state index contributed by atoms with van der Waals surface area (Å²) in [7, 11) is 1.54. The molecule has 1 heterocycles. The van der Waals surface area contributed by atoms with E-state index >= 15 is 0 Å². The predicted molar refractivity (Wildman–Crippen MR) is 46.1 cm³/mol. The molecular weight excluding hydrogens is 172 g/mol. The second-order valence-corrected chi connectivity index (χ2v) is 2.85. The number of carbonyl (C=O) groups excluding carboxylic acids is 1. The van der Waals surface area contributed by atoms with Crippen LogP contribution in [-0.2, 0) is 19.0 Å². The Morgan fingerprint density at radius 3 is 2.85 bits per heavy atom. The number of rotatable bonds is 3. The van der Waals surface area contributed by atoms with Crippen molar-refractivity contribution in [2.75, 3.05) is 13.9 Å². The molecule has 0 N–H and O–H groups in total. The van der Waals surface area contributed by atoms with Gasteiger partial charge in [0, 0.05) is 7.11 Å². The molecule has 4 nitrogen and oxygen atoms in total. The van der Waals surface area contributed by atoms with Crippen molar-refractivity contribution in [3.63, 3.8) is 0 Å². The zero-order valence-electron chi connectivity index (χ0n) is 8.07. The minimum Gasteiger partial charge on any atom is -0.456 e. The lowest BCUT2D eigenvalue weighted by atomic mass is 10.1.